The Hall–Kier alpha value is -2.41. The first-order chi connectivity index (χ1) is 18.9. The third kappa shape index (κ3) is 13.5. The molecule has 0 spiro atoms. The molecule has 0 unspecified atom stereocenters. The van der Waals surface area contributed by atoms with E-state index in [9.17, 15) is 4.79 Å². The van der Waals surface area contributed by atoms with Gasteiger partial charge in [0.1, 0.15) is 5.60 Å². The Kier molecular flexibility index (Phi) is 13.8. The van der Waals surface area contributed by atoms with Crippen LogP contribution in [0.2, 0.25) is 0 Å². The van der Waals surface area contributed by atoms with E-state index in [0.29, 0.717) is 12.5 Å². The first-order valence-electron chi connectivity index (χ1n) is 14.8. The fourth-order valence-electron chi connectivity index (χ4n) is 4.93. The second-order valence-electron chi connectivity index (χ2n) is 11.8. The van der Waals surface area contributed by atoms with Crippen molar-refractivity contribution >= 4 is 6.09 Å². The Morgan fingerprint density at radius 1 is 0.769 bits per heavy atom. The minimum absolute atomic E-state index is 0.184. The number of benzene rings is 2. The van der Waals surface area contributed by atoms with Crippen LogP contribution in [0.3, 0.4) is 0 Å². The summed E-state index contributed by atoms with van der Waals surface area (Å²) >= 11 is 0. The van der Waals surface area contributed by atoms with E-state index in [-0.39, 0.29) is 6.09 Å². The quantitative estimate of drug-likeness (QED) is 0.336. The summed E-state index contributed by atoms with van der Waals surface area (Å²) in [5.41, 5.74) is 2.07. The van der Waals surface area contributed by atoms with Crippen LogP contribution in [0.25, 0.3) is 0 Å². The van der Waals surface area contributed by atoms with Crippen LogP contribution in [-0.2, 0) is 27.4 Å². The van der Waals surface area contributed by atoms with Crippen molar-refractivity contribution in [1.29, 1.82) is 0 Å². The summed E-state index contributed by atoms with van der Waals surface area (Å²) in [6, 6.07) is 20.6. The number of nitrogens with one attached hydrogen (secondary N) is 1. The standard InChI is InChI=1S/C19H29NO3.C14H21NO/c1-19(2,3)23-18(21)20-12-9-16(10-13-20)11-14-22-15-17-7-5-4-6-8-17;1-2-4-14(5-3-1)12-16-11-8-13-6-9-15-10-7-13/h4-8,16H,9-15H2,1-3H3;1-5,13,15H,6-12H2. The fraction of sp³-hybridized carbons (Fsp3) is 0.606. The van der Waals surface area contributed by atoms with Crippen LogP contribution in [0.15, 0.2) is 60.7 Å². The fourth-order valence-corrected chi connectivity index (χ4v) is 4.93. The summed E-state index contributed by atoms with van der Waals surface area (Å²) in [4.78, 5) is 13.8. The van der Waals surface area contributed by atoms with Gasteiger partial charge in [-0.15, -0.1) is 0 Å². The zero-order valence-corrected chi connectivity index (χ0v) is 24.4. The number of ether oxygens (including phenoxy) is 3. The predicted octanol–water partition coefficient (Wildman–Crippen LogP) is 6.83. The van der Waals surface area contributed by atoms with Crippen LogP contribution in [0.4, 0.5) is 4.79 Å². The smallest absolute Gasteiger partial charge is 0.410 e. The summed E-state index contributed by atoms with van der Waals surface area (Å²) in [5, 5.41) is 3.39. The second-order valence-corrected chi connectivity index (χ2v) is 11.8. The number of hydrogen-bond acceptors (Lipinski definition) is 5. The third-order valence-corrected chi connectivity index (χ3v) is 7.29. The number of piperidine rings is 2. The minimum atomic E-state index is -0.417. The molecular formula is C33H50N2O4. The monoisotopic (exact) mass is 538 g/mol. The van der Waals surface area contributed by atoms with Crippen molar-refractivity contribution in [2.24, 2.45) is 11.8 Å². The third-order valence-electron chi connectivity index (χ3n) is 7.29. The Bertz CT molecular complexity index is 902. The van der Waals surface area contributed by atoms with Crippen molar-refractivity contribution < 1.29 is 19.0 Å². The average Bonchev–Trinajstić information content (AvgIpc) is 2.95. The normalized spacial score (nSPS) is 16.8. The van der Waals surface area contributed by atoms with E-state index in [4.69, 9.17) is 14.2 Å². The van der Waals surface area contributed by atoms with E-state index in [2.05, 4.69) is 41.7 Å². The first-order valence-corrected chi connectivity index (χ1v) is 14.8. The van der Waals surface area contributed by atoms with Crippen LogP contribution in [0, 0.1) is 11.8 Å². The molecule has 0 saturated carbocycles. The average molecular weight is 539 g/mol. The van der Waals surface area contributed by atoms with Crippen molar-refractivity contribution in [1.82, 2.24) is 10.2 Å². The van der Waals surface area contributed by atoms with Gasteiger partial charge in [-0.3, -0.25) is 0 Å². The molecular weight excluding hydrogens is 488 g/mol. The molecule has 2 saturated heterocycles. The number of carbonyl (C=O) groups is 1. The number of likely N-dealkylation sites (tertiary alicyclic amines) is 1. The zero-order chi connectivity index (χ0) is 27.8. The molecule has 6 heteroatoms. The van der Waals surface area contributed by atoms with Gasteiger partial charge in [0.2, 0.25) is 0 Å². The SMILES string of the molecule is CC(C)(C)OC(=O)N1CCC(CCOCc2ccccc2)CC1.c1ccc(COCCC2CCNCC2)cc1. The maximum Gasteiger partial charge on any atom is 0.410 e. The minimum Gasteiger partial charge on any atom is -0.444 e. The zero-order valence-electron chi connectivity index (χ0n) is 24.4. The van der Waals surface area contributed by atoms with Gasteiger partial charge in [-0.2, -0.15) is 0 Å². The van der Waals surface area contributed by atoms with Gasteiger partial charge in [0.15, 0.2) is 0 Å². The molecule has 1 N–H and O–H groups in total. The van der Waals surface area contributed by atoms with Crippen molar-refractivity contribution in [2.75, 3.05) is 39.4 Å². The topological polar surface area (TPSA) is 60.0 Å². The highest BCUT2D eigenvalue weighted by atomic mass is 16.6. The van der Waals surface area contributed by atoms with Gasteiger partial charge in [-0.25, -0.2) is 4.79 Å². The lowest BCUT2D eigenvalue weighted by atomic mass is 9.94. The van der Waals surface area contributed by atoms with Gasteiger partial charge < -0.3 is 24.4 Å². The van der Waals surface area contributed by atoms with E-state index < -0.39 is 5.60 Å². The maximum absolute atomic E-state index is 12.0. The largest absolute Gasteiger partial charge is 0.444 e. The van der Waals surface area contributed by atoms with E-state index in [0.717, 1.165) is 58.1 Å². The highest BCUT2D eigenvalue weighted by Gasteiger charge is 2.26. The predicted molar refractivity (Wildman–Crippen MR) is 158 cm³/mol. The molecule has 0 bridgehead atoms. The summed E-state index contributed by atoms with van der Waals surface area (Å²) in [6.07, 6.45) is 6.80. The van der Waals surface area contributed by atoms with Crippen molar-refractivity contribution in [3.8, 4) is 0 Å². The van der Waals surface area contributed by atoms with E-state index in [1.165, 1.54) is 43.5 Å². The highest BCUT2D eigenvalue weighted by Crippen LogP contribution is 2.22. The molecule has 0 aliphatic carbocycles. The molecule has 0 aromatic heterocycles. The lowest BCUT2D eigenvalue weighted by molar-refractivity contribution is 0.0164. The maximum atomic E-state index is 12.0. The number of rotatable bonds is 10. The Labute approximate surface area is 236 Å². The highest BCUT2D eigenvalue weighted by molar-refractivity contribution is 5.68. The molecule has 39 heavy (non-hydrogen) atoms. The number of amides is 1. The van der Waals surface area contributed by atoms with Crippen molar-refractivity contribution in [2.45, 2.75) is 78.1 Å². The molecule has 2 aromatic rings. The van der Waals surface area contributed by atoms with Crippen LogP contribution >= 0.6 is 0 Å². The number of nitrogens with zero attached hydrogens (tertiary/aromatic N) is 1. The van der Waals surface area contributed by atoms with Gasteiger partial charge in [-0.1, -0.05) is 60.7 Å². The van der Waals surface area contributed by atoms with Gasteiger partial charge in [0, 0.05) is 26.3 Å². The summed E-state index contributed by atoms with van der Waals surface area (Å²) in [7, 11) is 0. The van der Waals surface area contributed by atoms with E-state index in [1.54, 1.807) is 0 Å². The lowest BCUT2D eigenvalue weighted by Crippen LogP contribution is -2.41. The second kappa shape index (κ2) is 17.3. The molecule has 0 atom stereocenters. The van der Waals surface area contributed by atoms with Gasteiger partial charge in [-0.05, 0) is 95.3 Å². The molecule has 2 aliphatic rings. The van der Waals surface area contributed by atoms with E-state index >= 15 is 0 Å². The molecule has 2 fully saturated rings. The van der Waals surface area contributed by atoms with Crippen LogP contribution in [0.5, 0.6) is 0 Å². The molecule has 1 amide bonds. The number of carbonyl (C=O) groups excluding carboxylic acids is 1. The van der Waals surface area contributed by atoms with E-state index in [1.807, 2.05) is 49.9 Å². The summed E-state index contributed by atoms with van der Waals surface area (Å²) < 4.78 is 16.9. The van der Waals surface area contributed by atoms with Crippen LogP contribution < -0.4 is 5.32 Å². The summed E-state index contributed by atoms with van der Waals surface area (Å²) in [5.74, 6) is 1.52. The van der Waals surface area contributed by atoms with Crippen LogP contribution in [0.1, 0.15) is 70.4 Å². The van der Waals surface area contributed by atoms with Crippen molar-refractivity contribution in [3.63, 3.8) is 0 Å². The molecule has 6 nitrogen and oxygen atoms in total. The molecule has 0 radical (unpaired) electrons. The summed E-state index contributed by atoms with van der Waals surface area (Å²) in [6.45, 7) is 12.8. The van der Waals surface area contributed by atoms with Gasteiger partial charge >= 0.3 is 6.09 Å². The Balaban J connectivity index is 0.000000230. The Morgan fingerprint density at radius 3 is 1.69 bits per heavy atom. The molecule has 2 aliphatic heterocycles. The molecule has 216 valence electrons. The van der Waals surface area contributed by atoms with Gasteiger partial charge in [0.05, 0.1) is 13.2 Å². The van der Waals surface area contributed by atoms with Crippen LogP contribution in [-0.4, -0.2) is 56.0 Å². The van der Waals surface area contributed by atoms with Crippen molar-refractivity contribution in [3.05, 3.63) is 71.8 Å². The Morgan fingerprint density at radius 2 is 1.23 bits per heavy atom. The lowest BCUT2D eigenvalue weighted by Gasteiger charge is -2.33. The number of hydrogen-bond donors (Lipinski definition) is 1. The van der Waals surface area contributed by atoms with Gasteiger partial charge in [0.25, 0.3) is 0 Å². The molecule has 2 aromatic carbocycles. The molecule has 2 heterocycles. The first kappa shape index (κ1) is 31.1. The molecule has 4 rings (SSSR count).